The molecule has 1 aliphatic rings. The summed E-state index contributed by atoms with van der Waals surface area (Å²) in [7, 11) is 0. The Morgan fingerprint density at radius 1 is 1.40 bits per heavy atom. The number of ether oxygens (including phenoxy) is 1. The van der Waals surface area contributed by atoms with Crippen molar-refractivity contribution in [2.75, 3.05) is 25.4 Å². The number of hydrogen-bond donors (Lipinski definition) is 0. The second-order valence-corrected chi connectivity index (χ2v) is 6.91. The van der Waals surface area contributed by atoms with Crippen LogP contribution in [0.1, 0.15) is 26.0 Å². The summed E-state index contributed by atoms with van der Waals surface area (Å²) in [5.74, 6) is 2.08. The van der Waals surface area contributed by atoms with Gasteiger partial charge in [-0.3, -0.25) is 4.79 Å². The monoisotopic (exact) mass is 364 g/mol. The third-order valence-corrected chi connectivity index (χ3v) is 5.36. The van der Waals surface area contributed by atoms with Crippen LogP contribution in [-0.2, 0) is 16.1 Å². The molecule has 0 bridgehead atoms. The zero-order valence-electron chi connectivity index (χ0n) is 14.9. The molecular weight excluding hydrogens is 340 g/mol. The number of morpholine rings is 1. The van der Waals surface area contributed by atoms with E-state index in [-0.39, 0.29) is 12.0 Å². The van der Waals surface area contributed by atoms with Gasteiger partial charge in [0, 0.05) is 19.6 Å². The Kier molecular flexibility index (Phi) is 5.80. The second kappa shape index (κ2) is 8.05. The van der Waals surface area contributed by atoms with Gasteiger partial charge in [0.05, 0.1) is 30.3 Å². The molecule has 7 nitrogen and oxygen atoms in total. The predicted molar refractivity (Wildman–Crippen MR) is 95.5 cm³/mol. The van der Waals surface area contributed by atoms with E-state index >= 15 is 0 Å². The van der Waals surface area contributed by atoms with E-state index < -0.39 is 0 Å². The molecule has 3 heterocycles. The van der Waals surface area contributed by atoms with Gasteiger partial charge < -0.3 is 18.6 Å². The lowest BCUT2D eigenvalue weighted by Crippen LogP contribution is -2.46. The van der Waals surface area contributed by atoms with Crippen LogP contribution >= 0.6 is 11.8 Å². The van der Waals surface area contributed by atoms with Gasteiger partial charge in [-0.15, -0.1) is 10.2 Å². The smallest absolute Gasteiger partial charge is 0.233 e. The standard InChI is InChI=1S/C17H24N4O3S/c1-4-13-10-20(7-9-24-13)15(22)11-25-17-19-18-16(21(17)5-2)14-6-8-23-12(14)3/h6,8,13H,4-5,7,9-11H2,1-3H3/t13-/m1/s1. The van der Waals surface area contributed by atoms with Crippen molar-refractivity contribution in [1.29, 1.82) is 0 Å². The zero-order valence-corrected chi connectivity index (χ0v) is 15.7. The molecule has 0 saturated carbocycles. The molecule has 0 aromatic carbocycles. The molecular formula is C17H24N4O3S. The first-order chi connectivity index (χ1) is 12.1. The van der Waals surface area contributed by atoms with Crippen LogP contribution in [0.2, 0.25) is 0 Å². The molecule has 2 aromatic rings. The lowest BCUT2D eigenvalue weighted by molar-refractivity contribution is -0.135. The van der Waals surface area contributed by atoms with E-state index in [9.17, 15) is 4.79 Å². The van der Waals surface area contributed by atoms with Crippen molar-refractivity contribution in [2.45, 2.75) is 45.0 Å². The fourth-order valence-corrected chi connectivity index (χ4v) is 3.81. The molecule has 1 aliphatic heterocycles. The van der Waals surface area contributed by atoms with Gasteiger partial charge in [-0.05, 0) is 26.3 Å². The Bertz CT molecular complexity index is 727. The third-order valence-electron chi connectivity index (χ3n) is 4.40. The van der Waals surface area contributed by atoms with Crippen molar-refractivity contribution in [3.8, 4) is 11.4 Å². The van der Waals surface area contributed by atoms with E-state index in [0.29, 0.717) is 25.4 Å². The van der Waals surface area contributed by atoms with E-state index in [0.717, 1.165) is 35.3 Å². The van der Waals surface area contributed by atoms with Crippen LogP contribution in [0, 0.1) is 6.92 Å². The Hall–Kier alpha value is -1.80. The minimum Gasteiger partial charge on any atom is -0.469 e. The van der Waals surface area contributed by atoms with Gasteiger partial charge in [-0.25, -0.2) is 0 Å². The van der Waals surface area contributed by atoms with E-state index in [2.05, 4.69) is 17.1 Å². The van der Waals surface area contributed by atoms with Crippen LogP contribution in [0.25, 0.3) is 11.4 Å². The first-order valence-corrected chi connectivity index (χ1v) is 9.62. The molecule has 0 aliphatic carbocycles. The highest BCUT2D eigenvalue weighted by atomic mass is 32.2. The van der Waals surface area contributed by atoms with Gasteiger partial charge in [-0.2, -0.15) is 0 Å². The number of carbonyl (C=O) groups is 1. The van der Waals surface area contributed by atoms with E-state index in [1.54, 1.807) is 6.26 Å². The summed E-state index contributed by atoms with van der Waals surface area (Å²) < 4.78 is 13.0. The van der Waals surface area contributed by atoms with Crippen molar-refractivity contribution in [1.82, 2.24) is 19.7 Å². The average molecular weight is 364 g/mol. The van der Waals surface area contributed by atoms with Gasteiger partial charge in [0.15, 0.2) is 11.0 Å². The molecule has 8 heteroatoms. The molecule has 1 fully saturated rings. The maximum absolute atomic E-state index is 12.5. The highest BCUT2D eigenvalue weighted by Gasteiger charge is 2.24. The van der Waals surface area contributed by atoms with Gasteiger partial charge in [0.25, 0.3) is 0 Å². The third kappa shape index (κ3) is 3.90. The van der Waals surface area contributed by atoms with Gasteiger partial charge >= 0.3 is 0 Å². The molecule has 0 spiro atoms. The Morgan fingerprint density at radius 2 is 2.24 bits per heavy atom. The van der Waals surface area contributed by atoms with Crippen molar-refractivity contribution in [3.05, 3.63) is 18.1 Å². The number of aryl methyl sites for hydroxylation is 1. The van der Waals surface area contributed by atoms with Gasteiger partial charge in [0.1, 0.15) is 5.76 Å². The van der Waals surface area contributed by atoms with Crippen LogP contribution in [0.4, 0.5) is 0 Å². The molecule has 1 atom stereocenters. The molecule has 0 radical (unpaired) electrons. The quantitative estimate of drug-likeness (QED) is 0.734. The van der Waals surface area contributed by atoms with E-state index in [4.69, 9.17) is 9.15 Å². The minimum absolute atomic E-state index is 0.124. The summed E-state index contributed by atoms with van der Waals surface area (Å²) in [6, 6.07) is 1.89. The topological polar surface area (TPSA) is 73.4 Å². The summed E-state index contributed by atoms with van der Waals surface area (Å²) in [6.07, 6.45) is 2.73. The lowest BCUT2D eigenvalue weighted by Gasteiger charge is -2.32. The predicted octanol–water partition coefficient (Wildman–Crippen LogP) is 2.60. The molecule has 2 aromatic heterocycles. The Labute approximate surface area is 151 Å². The van der Waals surface area contributed by atoms with Crippen molar-refractivity contribution in [2.24, 2.45) is 0 Å². The molecule has 1 amide bonds. The van der Waals surface area contributed by atoms with Gasteiger partial charge in [-0.1, -0.05) is 18.7 Å². The number of furan rings is 1. The van der Waals surface area contributed by atoms with Crippen molar-refractivity contribution >= 4 is 17.7 Å². The van der Waals surface area contributed by atoms with Gasteiger partial charge in [0.2, 0.25) is 5.91 Å². The van der Waals surface area contributed by atoms with Crippen LogP contribution in [0.5, 0.6) is 0 Å². The van der Waals surface area contributed by atoms with E-state index in [1.165, 1.54) is 11.8 Å². The van der Waals surface area contributed by atoms with Crippen LogP contribution in [0.3, 0.4) is 0 Å². The van der Waals surface area contributed by atoms with E-state index in [1.807, 2.05) is 29.4 Å². The Morgan fingerprint density at radius 3 is 2.92 bits per heavy atom. The lowest BCUT2D eigenvalue weighted by atomic mass is 10.2. The molecule has 1 saturated heterocycles. The summed E-state index contributed by atoms with van der Waals surface area (Å²) in [6.45, 7) is 8.72. The highest BCUT2D eigenvalue weighted by Crippen LogP contribution is 2.27. The fourth-order valence-electron chi connectivity index (χ4n) is 2.91. The number of hydrogen-bond acceptors (Lipinski definition) is 6. The number of thioether (sulfide) groups is 1. The maximum Gasteiger partial charge on any atom is 0.233 e. The van der Waals surface area contributed by atoms with Crippen molar-refractivity contribution in [3.63, 3.8) is 0 Å². The summed E-state index contributed by atoms with van der Waals surface area (Å²) in [5, 5.41) is 9.32. The summed E-state index contributed by atoms with van der Waals surface area (Å²) >= 11 is 1.43. The Balaban J connectivity index is 1.66. The molecule has 25 heavy (non-hydrogen) atoms. The van der Waals surface area contributed by atoms with Crippen molar-refractivity contribution < 1.29 is 13.9 Å². The number of aromatic nitrogens is 3. The molecule has 0 N–H and O–H groups in total. The molecule has 3 rings (SSSR count). The normalized spacial score (nSPS) is 17.9. The summed E-state index contributed by atoms with van der Waals surface area (Å²) in [4.78, 5) is 14.4. The SMILES string of the molecule is CC[C@@H]1CN(C(=O)CSc2nnc(-c3ccoc3C)n2CC)CCO1. The first kappa shape index (κ1) is 18.0. The van der Waals surface area contributed by atoms with Crippen LogP contribution in [0.15, 0.2) is 21.9 Å². The molecule has 136 valence electrons. The summed E-state index contributed by atoms with van der Waals surface area (Å²) in [5.41, 5.74) is 0.937. The number of carbonyl (C=O) groups excluding carboxylic acids is 1. The zero-order chi connectivity index (χ0) is 17.8. The fraction of sp³-hybridized carbons (Fsp3) is 0.588. The first-order valence-electron chi connectivity index (χ1n) is 8.63. The van der Waals surface area contributed by atoms with Crippen LogP contribution in [-0.4, -0.2) is 57.1 Å². The number of amides is 1. The largest absolute Gasteiger partial charge is 0.469 e. The number of rotatable bonds is 6. The maximum atomic E-state index is 12.5. The second-order valence-electron chi connectivity index (χ2n) is 5.97. The highest BCUT2D eigenvalue weighted by molar-refractivity contribution is 7.99. The molecule has 0 unspecified atom stereocenters. The minimum atomic E-state index is 0.124. The average Bonchev–Trinajstić information content (AvgIpc) is 3.24. The number of nitrogens with zero attached hydrogens (tertiary/aromatic N) is 4. The van der Waals surface area contributed by atoms with Crippen LogP contribution < -0.4 is 0 Å².